The van der Waals surface area contributed by atoms with E-state index in [1.165, 1.54) is 4.31 Å². The average molecular weight is 309 g/mol. The van der Waals surface area contributed by atoms with Crippen LogP contribution in [0.2, 0.25) is 0 Å². The average Bonchev–Trinajstić information content (AvgIpc) is 2.46. The predicted octanol–water partition coefficient (Wildman–Crippen LogP) is 2.15. The van der Waals surface area contributed by atoms with Crippen molar-refractivity contribution in [2.75, 3.05) is 20.2 Å². The second-order valence-corrected chi connectivity index (χ2v) is 6.95. The van der Waals surface area contributed by atoms with Crippen LogP contribution < -0.4 is 0 Å². The van der Waals surface area contributed by atoms with Crippen LogP contribution in [0.3, 0.4) is 0 Å². The molecule has 1 aromatic rings. The third kappa shape index (κ3) is 4.85. The highest BCUT2D eigenvalue weighted by Gasteiger charge is 2.22. The standard InChI is InChI=1S/C16H23NO3S/c1-4-5-11-17(3)21(19,20)16-13-15(8-6-7-12-18)10-9-14(16)2/h9-10,13,18H,4-5,7,11-12H2,1-3H3. The van der Waals surface area contributed by atoms with Gasteiger partial charge in [0.25, 0.3) is 0 Å². The van der Waals surface area contributed by atoms with Crippen LogP contribution in [-0.2, 0) is 10.0 Å². The van der Waals surface area contributed by atoms with Crippen LogP contribution in [0.15, 0.2) is 23.1 Å². The molecule has 0 aliphatic carbocycles. The molecule has 0 bridgehead atoms. The summed E-state index contributed by atoms with van der Waals surface area (Å²) in [6, 6.07) is 5.17. The summed E-state index contributed by atoms with van der Waals surface area (Å²) in [5.74, 6) is 5.68. The first-order valence-electron chi connectivity index (χ1n) is 7.10. The van der Waals surface area contributed by atoms with Gasteiger partial charge in [0.15, 0.2) is 0 Å². The maximum absolute atomic E-state index is 12.6. The number of sulfonamides is 1. The molecule has 5 heteroatoms. The monoisotopic (exact) mass is 309 g/mol. The topological polar surface area (TPSA) is 57.6 Å². The van der Waals surface area contributed by atoms with Crippen molar-refractivity contribution >= 4 is 10.0 Å². The summed E-state index contributed by atoms with van der Waals surface area (Å²) in [6.45, 7) is 4.33. The molecule has 1 aromatic carbocycles. The van der Waals surface area contributed by atoms with Crippen molar-refractivity contribution in [3.8, 4) is 11.8 Å². The van der Waals surface area contributed by atoms with Gasteiger partial charge in [-0.2, -0.15) is 0 Å². The van der Waals surface area contributed by atoms with Gasteiger partial charge in [-0.15, -0.1) is 0 Å². The predicted molar refractivity (Wildman–Crippen MR) is 84.5 cm³/mol. The Hall–Kier alpha value is -1.35. The number of unbranched alkanes of at least 4 members (excludes halogenated alkanes) is 1. The molecule has 0 saturated heterocycles. The summed E-state index contributed by atoms with van der Waals surface area (Å²) in [5.41, 5.74) is 1.36. The van der Waals surface area contributed by atoms with Gasteiger partial charge < -0.3 is 5.11 Å². The van der Waals surface area contributed by atoms with Gasteiger partial charge in [0, 0.05) is 25.6 Å². The first-order chi connectivity index (χ1) is 9.93. The number of benzene rings is 1. The number of nitrogens with zero attached hydrogens (tertiary/aromatic N) is 1. The van der Waals surface area contributed by atoms with E-state index in [-0.39, 0.29) is 6.61 Å². The van der Waals surface area contributed by atoms with E-state index >= 15 is 0 Å². The molecule has 0 aromatic heterocycles. The zero-order valence-electron chi connectivity index (χ0n) is 12.9. The fourth-order valence-corrected chi connectivity index (χ4v) is 3.30. The molecule has 21 heavy (non-hydrogen) atoms. The SMILES string of the molecule is CCCCN(C)S(=O)(=O)c1cc(C#CCCO)ccc1C. The van der Waals surface area contributed by atoms with Crippen LogP contribution in [0.25, 0.3) is 0 Å². The zero-order chi connectivity index (χ0) is 15.9. The van der Waals surface area contributed by atoms with Crippen LogP contribution in [0.1, 0.15) is 37.3 Å². The minimum absolute atomic E-state index is 0.00374. The Kier molecular flexibility index (Phi) is 6.90. The van der Waals surface area contributed by atoms with E-state index in [1.54, 1.807) is 32.2 Å². The molecular formula is C16H23NO3S. The van der Waals surface area contributed by atoms with Crippen molar-refractivity contribution in [3.05, 3.63) is 29.3 Å². The van der Waals surface area contributed by atoms with E-state index in [4.69, 9.17) is 5.11 Å². The van der Waals surface area contributed by atoms with E-state index < -0.39 is 10.0 Å². The quantitative estimate of drug-likeness (QED) is 0.819. The number of aryl methyl sites for hydroxylation is 1. The summed E-state index contributed by atoms with van der Waals surface area (Å²) >= 11 is 0. The Balaban J connectivity index is 3.11. The molecular weight excluding hydrogens is 286 g/mol. The number of rotatable bonds is 6. The van der Waals surface area contributed by atoms with Gasteiger partial charge in [-0.25, -0.2) is 12.7 Å². The normalized spacial score (nSPS) is 11.3. The summed E-state index contributed by atoms with van der Waals surface area (Å²) in [7, 11) is -1.87. The van der Waals surface area contributed by atoms with Crippen LogP contribution in [0.5, 0.6) is 0 Å². The molecule has 4 nitrogen and oxygen atoms in total. The van der Waals surface area contributed by atoms with Gasteiger partial charge >= 0.3 is 0 Å². The molecule has 0 aliphatic heterocycles. The second kappa shape index (κ2) is 8.18. The van der Waals surface area contributed by atoms with Crippen molar-refractivity contribution in [1.82, 2.24) is 4.31 Å². The van der Waals surface area contributed by atoms with E-state index in [9.17, 15) is 8.42 Å². The van der Waals surface area contributed by atoms with Crippen molar-refractivity contribution in [3.63, 3.8) is 0 Å². The second-order valence-electron chi connectivity index (χ2n) is 4.94. The molecule has 1 rings (SSSR count). The highest BCUT2D eigenvalue weighted by atomic mass is 32.2. The maximum Gasteiger partial charge on any atom is 0.243 e. The van der Waals surface area contributed by atoms with Crippen molar-refractivity contribution in [2.45, 2.75) is 38.0 Å². The highest BCUT2D eigenvalue weighted by Crippen LogP contribution is 2.20. The van der Waals surface area contributed by atoms with Crippen molar-refractivity contribution in [1.29, 1.82) is 0 Å². The van der Waals surface area contributed by atoms with Crippen molar-refractivity contribution in [2.24, 2.45) is 0 Å². The van der Waals surface area contributed by atoms with E-state index in [0.29, 0.717) is 29.0 Å². The van der Waals surface area contributed by atoms with E-state index in [0.717, 1.165) is 12.8 Å². The number of aliphatic hydroxyl groups is 1. The minimum Gasteiger partial charge on any atom is -0.395 e. The number of aliphatic hydroxyl groups excluding tert-OH is 1. The fourth-order valence-electron chi connectivity index (χ4n) is 1.85. The molecule has 0 unspecified atom stereocenters. The van der Waals surface area contributed by atoms with Gasteiger partial charge in [-0.3, -0.25) is 0 Å². The Morgan fingerprint density at radius 1 is 1.33 bits per heavy atom. The summed E-state index contributed by atoms with van der Waals surface area (Å²) in [6.07, 6.45) is 2.17. The molecule has 1 N–H and O–H groups in total. The van der Waals surface area contributed by atoms with Crippen LogP contribution in [0.4, 0.5) is 0 Å². The summed E-state index contributed by atoms with van der Waals surface area (Å²) < 4.78 is 26.6. The smallest absolute Gasteiger partial charge is 0.243 e. The lowest BCUT2D eigenvalue weighted by Crippen LogP contribution is -2.28. The largest absolute Gasteiger partial charge is 0.395 e. The maximum atomic E-state index is 12.6. The lowest BCUT2D eigenvalue weighted by Gasteiger charge is -2.18. The molecule has 0 amide bonds. The van der Waals surface area contributed by atoms with E-state index in [1.807, 2.05) is 6.92 Å². The van der Waals surface area contributed by atoms with Gasteiger partial charge in [0.1, 0.15) is 0 Å². The first kappa shape index (κ1) is 17.7. The molecule has 116 valence electrons. The zero-order valence-corrected chi connectivity index (χ0v) is 13.7. The van der Waals surface area contributed by atoms with Crippen molar-refractivity contribution < 1.29 is 13.5 Å². The Morgan fingerprint density at radius 3 is 2.67 bits per heavy atom. The Labute approximate surface area is 127 Å². The highest BCUT2D eigenvalue weighted by molar-refractivity contribution is 7.89. The Bertz CT molecular complexity index is 627. The number of hydrogen-bond acceptors (Lipinski definition) is 3. The minimum atomic E-state index is -3.48. The summed E-state index contributed by atoms with van der Waals surface area (Å²) in [5, 5.41) is 8.72. The molecule has 0 spiro atoms. The van der Waals surface area contributed by atoms with Gasteiger partial charge in [-0.05, 0) is 31.0 Å². The third-order valence-electron chi connectivity index (χ3n) is 3.17. The first-order valence-corrected chi connectivity index (χ1v) is 8.54. The van der Waals surface area contributed by atoms with Crippen LogP contribution >= 0.6 is 0 Å². The van der Waals surface area contributed by atoms with Gasteiger partial charge in [0.05, 0.1) is 11.5 Å². The molecule has 0 saturated carbocycles. The lowest BCUT2D eigenvalue weighted by atomic mass is 10.1. The molecule has 0 radical (unpaired) electrons. The Morgan fingerprint density at radius 2 is 2.05 bits per heavy atom. The molecule has 0 aliphatic rings. The van der Waals surface area contributed by atoms with Gasteiger partial charge in [-0.1, -0.05) is 31.3 Å². The van der Waals surface area contributed by atoms with Crippen LogP contribution in [0, 0.1) is 18.8 Å². The third-order valence-corrected chi connectivity index (χ3v) is 5.17. The molecule has 0 atom stereocenters. The van der Waals surface area contributed by atoms with E-state index in [2.05, 4.69) is 11.8 Å². The molecule has 0 heterocycles. The molecule has 0 fully saturated rings. The lowest BCUT2D eigenvalue weighted by molar-refractivity contribution is 0.305. The fraction of sp³-hybridized carbons (Fsp3) is 0.500. The summed E-state index contributed by atoms with van der Waals surface area (Å²) in [4.78, 5) is 0.303. The van der Waals surface area contributed by atoms with Crippen LogP contribution in [-0.4, -0.2) is 38.0 Å². The number of hydrogen-bond donors (Lipinski definition) is 1. The van der Waals surface area contributed by atoms with Gasteiger partial charge in [0.2, 0.25) is 10.0 Å².